The zero-order valence-electron chi connectivity index (χ0n) is 8.93. The van der Waals surface area contributed by atoms with Gasteiger partial charge in [0, 0.05) is 19.1 Å². The summed E-state index contributed by atoms with van der Waals surface area (Å²) in [5.74, 6) is 0. The van der Waals surface area contributed by atoms with Gasteiger partial charge in [0.2, 0.25) is 0 Å². The average molecular weight is 171 g/mol. The first kappa shape index (κ1) is 11.9. The first-order valence-electron chi connectivity index (χ1n) is 5.00. The minimum atomic E-state index is 0.560. The van der Waals surface area contributed by atoms with Gasteiger partial charge in [-0.25, -0.2) is 0 Å². The van der Waals surface area contributed by atoms with Crippen LogP contribution >= 0.6 is 0 Å². The molecule has 0 saturated heterocycles. The molecule has 1 radical (unpaired) electrons. The number of hydrogen-bond donors (Lipinski definition) is 1. The molecule has 0 atom stereocenters. The highest BCUT2D eigenvalue weighted by atomic mass is 15.1. The topological polar surface area (TPSA) is 15.3 Å². The van der Waals surface area contributed by atoms with E-state index in [2.05, 4.69) is 44.5 Å². The van der Waals surface area contributed by atoms with Gasteiger partial charge in [0.15, 0.2) is 0 Å². The molecule has 0 unspecified atom stereocenters. The third-order valence-electron chi connectivity index (χ3n) is 1.79. The van der Waals surface area contributed by atoms with Crippen molar-refractivity contribution in [2.24, 2.45) is 0 Å². The molecule has 0 bridgehead atoms. The normalized spacial score (nSPS) is 11.5. The largest absolute Gasteiger partial charge is 0.309 e. The summed E-state index contributed by atoms with van der Waals surface area (Å²) in [7, 11) is 0. The van der Waals surface area contributed by atoms with Crippen LogP contribution in [0.5, 0.6) is 0 Å². The van der Waals surface area contributed by atoms with E-state index in [9.17, 15) is 0 Å². The Morgan fingerprint density at radius 3 is 2.42 bits per heavy atom. The molecule has 0 heterocycles. The van der Waals surface area contributed by atoms with Gasteiger partial charge in [0.1, 0.15) is 0 Å². The molecule has 0 aromatic rings. The van der Waals surface area contributed by atoms with Crippen molar-refractivity contribution in [3.63, 3.8) is 0 Å². The zero-order chi connectivity index (χ0) is 9.40. The highest BCUT2D eigenvalue weighted by molar-refractivity contribution is 4.70. The minimum absolute atomic E-state index is 0.560. The first-order chi connectivity index (χ1) is 5.70. The van der Waals surface area contributed by atoms with E-state index in [0.717, 1.165) is 13.1 Å². The number of hydrogen-bond acceptors (Lipinski definition) is 2. The van der Waals surface area contributed by atoms with Crippen molar-refractivity contribution in [1.82, 2.24) is 10.2 Å². The molecule has 0 aromatic carbocycles. The number of likely N-dealkylation sites (N-methyl/N-ethyl adjacent to an activating group) is 1. The van der Waals surface area contributed by atoms with E-state index in [-0.39, 0.29) is 0 Å². The fourth-order valence-electron chi connectivity index (χ4n) is 1.11. The van der Waals surface area contributed by atoms with Crippen LogP contribution in [0.4, 0.5) is 0 Å². The van der Waals surface area contributed by atoms with Crippen molar-refractivity contribution >= 4 is 0 Å². The smallest absolute Gasteiger partial charge is 0.0363 e. The Morgan fingerprint density at radius 2 is 2.00 bits per heavy atom. The standard InChI is InChI=1S/C10H23N2/c1-5-8-12(6-2)9-7-11-10(3)4/h7,10-11H,5-6,8-9H2,1-4H3. The van der Waals surface area contributed by atoms with Crippen molar-refractivity contribution in [3.8, 4) is 0 Å². The van der Waals surface area contributed by atoms with Gasteiger partial charge >= 0.3 is 0 Å². The maximum absolute atomic E-state index is 3.30. The number of nitrogens with one attached hydrogen (secondary N) is 1. The average Bonchev–Trinajstić information content (AvgIpc) is 2.02. The molecule has 0 aliphatic heterocycles. The Morgan fingerprint density at radius 1 is 1.33 bits per heavy atom. The molecule has 0 saturated carbocycles. The fraction of sp³-hybridized carbons (Fsp3) is 0.900. The zero-order valence-corrected chi connectivity index (χ0v) is 8.93. The van der Waals surface area contributed by atoms with Crippen LogP contribution in [0.25, 0.3) is 0 Å². The van der Waals surface area contributed by atoms with Crippen LogP contribution < -0.4 is 5.32 Å². The van der Waals surface area contributed by atoms with Crippen LogP contribution in [0, 0.1) is 6.54 Å². The van der Waals surface area contributed by atoms with Gasteiger partial charge in [0.25, 0.3) is 0 Å². The second-order valence-corrected chi connectivity index (χ2v) is 3.42. The first-order valence-corrected chi connectivity index (χ1v) is 5.00. The van der Waals surface area contributed by atoms with Crippen LogP contribution in [0.3, 0.4) is 0 Å². The third-order valence-corrected chi connectivity index (χ3v) is 1.79. The van der Waals surface area contributed by atoms with Gasteiger partial charge in [-0.2, -0.15) is 0 Å². The molecular formula is C10H23N2. The molecule has 0 fully saturated rings. The van der Waals surface area contributed by atoms with E-state index in [1.54, 1.807) is 0 Å². The lowest BCUT2D eigenvalue weighted by Gasteiger charge is -2.19. The summed E-state index contributed by atoms with van der Waals surface area (Å²) in [5.41, 5.74) is 0. The summed E-state index contributed by atoms with van der Waals surface area (Å²) in [6, 6.07) is 0.560. The van der Waals surface area contributed by atoms with Crippen molar-refractivity contribution in [2.75, 3.05) is 19.6 Å². The monoisotopic (exact) mass is 171 g/mol. The van der Waals surface area contributed by atoms with Crippen molar-refractivity contribution < 1.29 is 0 Å². The fourth-order valence-corrected chi connectivity index (χ4v) is 1.11. The van der Waals surface area contributed by atoms with E-state index >= 15 is 0 Å². The molecule has 2 nitrogen and oxygen atoms in total. The summed E-state index contributed by atoms with van der Waals surface area (Å²) in [6.45, 7) is 14.3. The maximum atomic E-state index is 3.30. The van der Waals surface area contributed by atoms with Gasteiger partial charge < -0.3 is 10.2 Å². The lowest BCUT2D eigenvalue weighted by Crippen LogP contribution is -2.31. The highest BCUT2D eigenvalue weighted by Crippen LogP contribution is 1.91. The van der Waals surface area contributed by atoms with Crippen molar-refractivity contribution in [2.45, 2.75) is 40.2 Å². The van der Waals surface area contributed by atoms with Crippen LogP contribution in [-0.2, 0) is 0 Å². The van der Waals surface area contributed by atoms with E-state index in [4.69, 9.17) is 0 Å². The molecule has 2 heteroatoms. The lowest BCUT2D eigenvalue weighted by atomic mass is 10.3. The summed E-state index contributed by atoms with van der Waals surface area (Å²) in [5, 5.41) is 3.30. The van der Waals surface area contributed by atoms with Gasteiger partial charge in [0.05, 0.1) is 0 Å². The summed E-state index contributed by atoms with van der Waals surface area (Å²) < 4.78 is 0. The van der Waals surface area contributed by atoms with E-state index in [0.29, 0.717) is 6.04 Å². The summed E-state index contributed by atoms with van der Waals surface area (Å²) >= 11 is 0. The molecule has 0 rings (SSSR count). The molecule has 0 aliphatic carbocycles. The van der Waals surface area contributed by atoms with Gasteiger partial charge in [-0.3, -0.25) is 0 Å². The molecule has 0 amide bonds. The predicted molar refractivity (Wildman–Crippen MR) is 55.0 cm³/mol. The third kappa shape index (κ3) is 6.62. The van der Waals surface area contributed by atoms with Crippen molar-refractivity contribution in [1.29, 1.82) is 0 Å². The van der Waals surface area contributed by atoms with E-state index in [1.807, 2.05) is 0 Å². The molecule has 0 spiro atoms. The molecule has 1 N–H and O–H groups in total. The maximum Gasteiger partial charge on any atom is 0.0363 e. The van der Waals surface area contributed by atoms with Crippen LogP contribution in [0.15, 0.2) is 0 Å². The Bertz CT molecular complexity index is 91.8. The molecule has 0 aromatic heterocycles. The summed E-state index contributed by atoms with van der Waals surface area (Å²) in [6.07, 6.45) is 1.24. The molecule has 0 aliphatic rings. The van der Waals surface area contributed by atoms with Crippen LogP contribution in [-0.4, -0.2) is 30.6 Å². The summed E-state index contributed by atoms with van der Waals surface area (Å²) in [4.78, 5) is 2.43. The Hall–Kier alpha value is -0.0800. The van der Waals surface area contributed by atoms with Crippen molar-refractivity contribution in [3.05, 3.63) is 6.54 Å². The van der Waals surface area contributed by atoms with Gasteiger partial charge in [-0.1, -0.05) is 27.7 Å². The highest BCUT2D eigenvalue weighted by Gasteiger charge is 2.00. The second-order valence-electron chi connectivity index (χ2n) is 3.42. The second kappa shape index (κ2) is 7.56. The van der Waals surface area contributed by atoms with E-state index in [1.165, 1.54) is 13.0 Å². The van der Waals surface area contributed by atoms with Gasteiger partial charge in [-0.15, -0.1) is 0 Å². The quantitative estimate of drug-likeness (QED) is 0.629. The molecule has 12 heavy (non-hydrogen) atoms. The SMILES string of the molecule is CCCN(CC)C[CH]NC(C)C. The number of nitrogens with zero attached hydrogens (tertiary/aromatic N) is 1. The predicted octanol–water partition coefficient (Wildman–Crippen LogP) is 1.88. The van der Waals surface area contributed by atoms with E-state index < -0.39 is 0 Å². The molecule has 73 valence electrons. The molecular weight excluding hydrogens is 148 g/mol. The minimum Gasteiger partial charge on any atom is -0.309 e. The van der Waals surface area contributed by atoms with Crippen LogP contribution in [0.2, 0.25) is 0 Å². The Balaban J connectivity index is 3.31. The Kier molecular flexibility index (Phi) is 7.51. The number of rotatable bonds is 7. The van der Waals surface area contributed by atoms with Gasteiger partial charge in [-0.05, 0) is 19.5 Å². The Labute approximate surface area is 77.3 Å². The van der Waals surface area contributed by atoms with Crippen LogP contribution in [0.1, 0.15) is 34.1 Å². The lowest BCUT2D eigenvalue weighted by molar-refractivity contribution is 0.302.